The van der Waals surface area contributed by atoms with Gasteiger partial charge in [-0.15, -0.1) is 0 Å². The van der Waals surface area contributed by atoms with Gasteiger partial charge >= 0.3 is 0 Å². The van der Waals surface area contributed by atoms with Gasteiger partial charge in [0.2, 0.25) is 11.8 Å². The van der Waals surface area contributed by atoms with Gasteiger partial charge in [0, 0.05) is 25.4 Å². The number of benzene rings is 1. The van der Waals surface area contributed by atoms with Crippen LogP contribution in [0, 0.1) is 18.8 Å². The van der Waals surface area contributed by atoms with Gasteiger partial charge in [0.05, 0.1) is 6.61 Å². The highest BCUT2D eigenvalue weighted by molar-refractivity contribution is 5.82. The van der Waals surface area contributed by atoms with Crippen LogP contribution < -0.4 is 15.4 Å². The van der Waals surface area contributed by atoms with Crippen molar-refractivity contribution in [2.24, 2.45) is 11.8 Å². The summed E-state index contributed by atoms with van der Waals surface area (Å²) in [5, 5.41) is 5.64. The van der Waals surface area contributed by atoms with Crippen LogP contribution in [0.15, 0.2) is 24.3 Å². The van der Waals surface area contributed by atoms with E-state index in [9.17, 15) is 9.59 Å². The van der Waals surface area contributed by atoms with Gasteiger partial charge in [0.15, 0.2) is 0 Å². The number of amides is 2. The van der Waals surface area contributed by atoms with Gasteiger partial charge in [-0.05, 0) is 37.8 Å². The number of carbonyl (C=O) groups excluding carboxylic acids is 2. The first kappa shape index (κ1) is 17.3. The van der Waals surface area contributed by atoms with E-state index in [-0.39, 0.29) is 17.7 Å². The summed E-state index contributed by atoms with van der Waals surface area (Å²) in [4.78, 5) is 23.2. The Bertz CT molecular complexity index is 528. The first-order valence-electron chi connectivity index (χ1n) is 8.30. The lowest BCUT2D eigenvalue weighted by Gasteiger charge is -2.08. The first-order valence-corrected chi connectivity index (χ1v) is 8.30. The highest BCUT2D eigenvalue weighted by atomic mass is 16.5. The van der Waals surface area contributed by atoms with Crippen molar-refractivity contribution in [1.29, 1.82) is 0 Å². The van der Waals surface area contributed by atoms with Crippen molar-refractivity contribution in [2.45, 2.75) is 33.1 Å². The maximum absolute atomic E-state index is 11.6. The SMILES string of the molecule is Cc1ccc(OCCCNC(=O)CCNC(=O)[C@H]2C[C@H]2C)cc1. The molecule has 0 heterocycles. The third-order valence-corrected chi connectivity index (χ3v) is 4.03. The van der Waals surface area contributed by atoms with Crippen LogP contribution in [-0.4, -0.2) is 31.5 Å². The second kappa shape index (κ2) is 8.56. The minimum absolute atomic E-state index is 0.0375. The number of hydrogen-bond acceptors (Lipinski definition) is 3. The Morgan fingerprint density at radius 2 is 1.87 bits per heavy atom. The lowest BCUT2D eigenvalue weighted by molar-refractivity contribution is -0.123. The topological polar surface area (TPSA) is 67.4 Å². The van der Waals surface area contributed by atoms with E-state index in [0.717, 1.165) is 18.6 Å². The number of hydrogen-bond donors (Lipinski definition) is 2. The van der Waals surface area contributed by atoms with E-state index in [1.807, 2.05) is 31.2 Å². The molecule has 0 bridgehead atoms. The van der Waals surface area contributed by atoms with Crippen LogP contribution in [0.25, 0.3) is 0 Å². The third kappa shape index (κ3) is 6.30. The monoisotopic (exact) mass is 318 g/mol. The summed E-state index contributed by atoms with van der Waals surface area (Å²) in [6.45, 7) is 5.66. The number of aryl methyl sites for hydroxylation is 1. The zero-order valence-electron chi connectivity index (χ0n) is 13.9. The van der Waals surface area contributed by atoms with Crippen molar-refractivity contribution in [3.05, 3.63) is 29.8 Å². The molecular formula is C18H26N2O3. The van der Waals surface area contributed by atoms with Crippen LogP contribution >= 0.6 is 0 Å². The summed E-state index contributed by atoms with van der Waals surface area (Å²) < 4.78 is 5.59. The van der Waals surface area contributed by atoms with Crippen LogP contribution in [0.2, 0.25) is 0 Å². The zero-order chi connectivity index (χ0) is 16.7. The number of nitrogens with one attached hydrogen (secondary N) is 2. The Balaban J connectivity index is 1.46. The van der Waals surface area contributed by atoms with Crippen molar-refractivity contribution < 1.29 is 14.3 Å². The Hall–Kier alpha value is -2.04. The second-order valence-corrected chi connectivity index (χ2v) is 6.23. The van der Waals surface area contributed by atoms with Crippen molar-refractivity contribution in [1.82, 2.24) is 10.6 Å². The number of rotatable bonds is 9. The molecule has 0 aromatic heterocycles. The molecule has 23 heavy (non-hydrogen) atoms. The van der Waals surface area contributed by atoms with Crippen LogP contribution in [-0.2, 0) is 9.59 Å². The average molecular weight is 318 g/mol. The average Bonchev–Trinajstić information content (AvgIpc) is 3.26. The van der Waals surface area contributed by atoms with Gasteiger partial charge in [-0.2, -0.15) is 0 Å². The summed E-state index contributed by atoms with van der Waals surface area (Å²) in [6, 6.07) is 7.90. The molecule has 1 aromatic carbocycles. The van der Waals surface area contributed by atoms with Crippen LogP contribution in [0.1, 0.15) is 31.7 Å². The summed E-state index contributed by atoms with van der Waals surface area (Å²) in [5.74, 6) is 1.55. The van der Waals surface area contributed by atoms with Gasteiger partial charge in [-0.25, -0.2) is 0 Å². The maximum Gasteiger partial charge on any atom is 0.223 e. The standard InChI is InChI=1S/C18H26N2O3/c1-13-4-6-15(7-5-13)23-11-3-9-19-17(21)8-10-20-18(22)16-12-14(16)2/h4-7,14,16H,3,8-12H2,1-2H3,(H,19,21)(H,20,22)/t14-,16+/m1/s1. The van der Waals surface area contributed by atoms with Crippen molar-refractivity contribution in [2.75, 3.05) is 19.7 Å². The quantitative estimate of drug-likeness (QED) is 0.685. The molecule has 2 amide bonds. The minimum atomic E-state index is -0.0375. The maximum atomic E-state index is 11.6. The molecule has 0 spiro atoms. The van der Waals surface area contributed by atoms with E-state index in [4.69, 9.17) is 4.74 Å². The molecule has 5 nitrogen and oxygen atoms in total. The lowest BCUT2D eigenvalue weighted by Crippen LogP contribution is -2.32. The predicted molar refractivity (Wildman–Crippen MR) is 89.2 cm³/mol. The number of ether oxygens (including phenoxy) is 1. The Labute approximate surface area is 137 Å². The fraction of sp³-hybridized carbons (Fsp3) is 0.556. The molecular weight excluding hydrogens is 292 g/mol. The molecule has 2 rings (SSSR count). The van der Waals surface area contributed by atoms with Crippen LogP contribution in [0.5, 0.6) is 5.75 Å². The van der Waals surface area contributed by atoms with E-state index in [1.165, 1.54) is 5.56 Å². The molecule has 1 fully saturated rings. The normalized spacial score (nSPS) is 19.0. The molecule has 0 saturated heterocycles. The minimum Gasteiger partial charge on any atom is -0.494 e. The lowest BCUT2D eigenvalue weighted by atomic mass is 10.2. The molecule has 1 aliphatic rings. The second-order valence-electron chi connectivity index (χ2n) is 6.23. The van der Waals surface area contributed by atoms with Crippen LogP contribution in [0.3, 0.4) is 0 Å². The van der Waals surface area contributed by atoms with E-state index in [0.29, 0.717) is 32.0 Å². The molecule has 1 saturated carbocycles. The number of carbonyl (C=O) groups is 2. The van der Waals surface area contributed by atoms with Gasteiger partial charge in [-0.1, -0.05) is 24.6 Å². The summed E-state index contributed by atoms with van der Waals surface area (Å²) in [7, 11) is 0. The molecule has 2 atom stereocenters. The summed E-state index contributed by atoms with van der Waals surface area (Å²) >= 11 is 0. The highest BCUT2D eigenvalue weighted by Gasteiger charge is 2.38. The Morgan fingerprint density at radius 1 is 1.17 bits per heavy atom. The van der Waals surface area contributed by atoms with E-state index in [1.54, 1.807) is 0 Å². The van der Waals surface area contributed by atoms with Crippen molar-refractivity contribution in [3.8, 4) is 5.75 Å². The molecule has 2 N–H and O–H groups in total. The van der Waals surface area contributed by atoms with Gasteiger partial charge < -0.3 is 15.4 Å². The molecule has 1 aromatic rings. The van der Waals surface area contributed by atoms with Gasteiger partial charge in [-0.3, -0.25) is 9.59 Å². The molecule has 0 unspecified atom stereocenters. The fourth-order valence-electron chi connectivity index (χ4n) is 2.33. The molecule has 1 aliphatic carbocycles. The molecule has 5 heteroatoms. The smallest absolute Gasteiger partial charge is 0.223 e. The summed E-state index contributed by atoms with van der Waals surface area (Å²) in [5.41, 5.74) is 1.20. The fourth-order valence-corrected chi connectivity index (χ4v) is 2.33. The first-order chi connectivity index (χ1) is 11.1. The van der Waals surface area contributed by atoms with E-state index < -0.39 is 0 Å². The Morgan fingerprint density at radius 3 is 2.52 bits per heavy atom. The van der Waals surface area contributed by atoms with Crippen molar-refractivity contribution >= 4 is 11.8 Å². The third-order valence-electron chi connectivity index (χ3n) is 4.03. The van der Waals surface area contributed by atoms with Gasteiger partial charge in [0.25, 0.3) is 0 Å². The van der Waals surface area contributed by atoms with E-state index >= 15 is 0 Å². The van der Waals surface area contributed by atoms with Crippen LogP contribution in [0.4, 0.5) is 0 Å². The molecule has 0 aliphatic heterocycles. The van der Waals surface area contributed by atoms with Gasteiger partial charge in [0.1, 0.15) is 5.75 Å². The molecule has 0 radical (unpaired) electrons. The summed E-state index contributed by atoms with van der Waals surface area (Å²) in [6.07, 6.45) is 2.05. The molecule has 126 valence electrons. The Kier molecular flexibility index (Phi) is 6.44. The van der Waals surface area contributed by atoms with Crippen molar-refractivity contribution in [3.63, 3.8) is 0 Å². The largest absolute Gasteiger partial charge is 0.494 e. The zero-order valence-corrected chi connectivity index (χ0v) is 13.9. The predicted octanol–water partition coefficient (Wildman–Crippen LogP) is 2.04. The van der Waals surface area contributed by atoms with E-state index in [2.05, 4.69) is 17.6 Å². The highest BCUT2D eigenvalue weighted by Crippen LogP contribution is 2.37.